The average Bonchev–Trinajstić information content (AvgIpc) is 2.51. The number of primary amides is 1. The molecular weight excluding hydrogens is 304 g/mol. The first-order valence-corrected chi connectivity index (χ1v) is 8.49. The molecule has 0 aromatic heterocycles. The largest absolute Gasteiger partial charge is 0.508 e. The molecule has 1 aromatic rings. The van der Waals surface area contributed by atoms with Crippen LogP contribution in [0.2, 0.25) is 0 Å². The van der Waals surface area contributed by atoms with Crippen LogP contribution >= 0.6 is 0 Å². The van der Waals surface area contributed by atoms with Gasteiger partial charge < -0.3 is 16.2 Å². The maximum atomic E-state index is 11.9. The zero-order valence-corrected chi connectivity index (χ0v) is 14.5. The molecular formula is C19H28N2O3. The van der Waals surface area contributed by atoms with Crippen molar-refractivity contribution in [3.05, 3.63) is 35.5 Å². The summed E-state index contributed by atoms with van der Waals surface area (Å²) in [6.45, 7) is 4.42. The number of nitrogens with one attached hydrogen (secondary N) is 1. The standard InChI is InChI=1S/C19H28N2O3/c1-14(2)7-5-3-4-6-8-18(23)21-17(19(20)24)13-15-9-11-16(22)12-10-15/h9-14,22H,3-8H2,1-2H3,(H2,20,24)(H,21,23)/b17-13-. The average molecular weight is 332 g/mol. The molecule has 0 spiro atoms. The van der Waals surface area contributed by atoms with Crippen molar-refractivity contribution in [2.75, 3.05) is 0 Å². The SMILES string of the molecule is CC(C)CCCCCCC(=O)N/C(=C\c1ccc(O)cc1)C(N)=O. The van der Waals surface area contributed by atoms with Crippen molar-refractivity contribution in [3.63, 3.8) is 0 Å². The first kappa shape index (κ1) is 19.7. The second-order valence-electron chi connectivity index (χ2n) is 6.41. The first-order chi connectivity index (χ1) is 11.4. The molecule has 0 aliphatic rings. The highest BCUT2D eigenvalue weighted by molar-refractivity contribution is 6.00. The highest BCUT2D eigenvalue weighted by Crippen LogP contribution is 2.13. The Morgan fingerprint density at radius 1 is 1.12 bits per heavy atom. The minimum Gasteiger partial charge on any atom is -0.508 e. The Balaban J connectivity index is 2.43. The van der Waals surface area contributed by atoms with Gasteiger partial charge in [0.05, 0.1) is 0 Å². The fourth-order valence-corrected chi connectivity index (χ4v) is 2.31. The van der Waals surface area contributed by atoms with E-state index in [1.54, 1.807) is 12.1 Å². The van der Waals surface area contributed by atoms with Crippen LogP contribution in [0.3, 0.4) is 0 Å². The van der Waals surface area contributed by atoms with Gasteiger partial charge in [0.15, 0.2) is 0 Å². The molecule has 24 heavy (non-hydrogen) atoms. The topological polar surface area (TPSA) is 92.4 Å². The number of carbonyl (C=O) groups is 2. The van der Waals surface area contributed by atoms with Crippen LogP contribution in [0.15, 0.2) is 30.0 Å². The Labute approximate surface area is 143 Å². The molecule has 0 radical (unpaired) electrons. The molecule has 0 heterocycles. The van der Waals surface area contributed by atoms with Crippen LogP contribution < -0.4 is 11.1 Å². The third kappa shape index (κ3) is 8.36. The predicted octanol–water partition coefficient (Wildman–Crippen LogP) is 3.33. The van der Waals surface area contributed by atoms with Crippen LogP contribution in [-0.4, -0.2) is 16.9 Å². The minimum absolute atomic E-state index is 0.0606. The van der Waals surface area contributed by atoms with Gasteiger partial charge >= 0.3 is 0 Å². The summed E-state index contributed by atoms with van der Waals surface area (Å²) < 4.78 is 0. The third-order valence-electron chi connectivity index (χ3n) is 3.68. The Morgan fingerprint density at radius 3 is 2.33 bits per heavy atom. The van der Waals surface area contributed by atoms with Gasteiger partial charge in [-0.1, -0.05) is 51.7 Å². The van der Waals surface area contributed by atoms with Crippen LogP contribution in [0.5, 0.6) is 5.75 Å². The molecule has 0 aliphatic carbocycles. The summed E-state index contributed by atoms with van der Waals surface area (Å²) >= 11 is 0. The molecule has 0 aliphatic heterocycles. The van der Waals surface area contributed by atoms with Crippen molar-refractivity contribution in [1.29, 1.82) is 0 Å². The number of nitrogens with two attached hydrogens (primary N) is 1. The molecule has 0 fully saturated rings. The number of unbranched alkanes of at least 4 members (excludes halogenated alkanes) is 3. The molecule has 5 nitrogen and oxygen atoms in total. The Kier molecular flexibility index (Phi) is 8.61. The van der Waals surface area contributed by atoms with E-state index in [-0.39, 0.29) is 17.4 Å². The van der Waals surface area contributed by atoms with E-state index in [1.165, 1.54) is 31.1 Å². The summed E-state index contributed by atoms with van der Waals surface area (Å²) in [4.78, 5) is 23.4. The van der Waals surface area contributed by atoms with Crippen molar-refractivity contribution in [3.8, 4) is 5.75 Å². The molecule has 0 bridgehead atoms. The number of hydrogen-bond donors (Lipinski definition) is 3. The van der Waals surface area contributed by atoms with Gasteiger partial charge in [-0.15, -0.1) is 0 Å². The van der Waals surface area contributed by atoms with Gasteiger partial charge in [0.2, 0.25) is 5.91 Å². The highest BCUT2D eigenvalue weighted by atomic mass is 16.3. The van der Waals surface area contributed by atoms with Crippen LogP contribution in [0.4, 0.5) is 0 Å². The second-order valence-corrected chi connectivity index (χ2v) is 6.41. The van der Waals surface area contributed by atoms with Crippen molar-refractivity contribution >= 4 is 17.9 Å². The summed E-state index contributed by atoms with van der Waals surface area (Å²) in [6, 6.07) is 6.28. The molecule has 4 N–H and O–H groups in total. The van der Waals surface area contributed by atoms with Gasteiger partial charge in [0, 0.05) is 6.42 Å². The predicted molar refractivity (Wildman–Crippen MR) is 96.0 cm³/mol. The maximum absolute atomic E-state index is 11.9. The van der Waals surface area contributed by atoms with Crippen LogP contribution in [0.1, 0.15) is 57.9 Å². The number of hydrogen-bond acceptors (Lipinski definition) is 3. The smallest absolute Gasteiger partial charge is 0.265 e. The van der Waals surface area contributed by atoms with E-state index in [1.807, 2.05) is 0 Å². The molecule has 0 atom stereocenters. The lowest BCUT2D eigenvalue weighted by Crippen LogP contribution is -2.30. The van der Waals surface area contributed by atoms with Crippen molar-refractivity contribution in [2.24, 2.45) is 11.7 Å². The fourth-order valence-electron chi connectivity index (χ4n) is 2.31. The van der Waals surface area contributed by atoms with Gasteiger partial charge in [-0.2, -0.15) is 0 Å². The van der Waals surface area contributed by atoms with E-state index in [9.17, 15) is 14.7 Å². The minimum atomic E-state index is -0.687. The van der Waals surface area contributed by atoms with E-state index in [2.05, 4.69) is 19.2 Å². The normalized spacial score (nSPS) is 11.5. The highest BCUT2D eigenvalue weighted by Gasteiger charge is 2.10. The van der Waals surface area contributed by atoms with Crippen molar-refractivity contribution in [2.45, 2.75) is 52.4 Å². The first-order valence-electron chi connectivity index (χ1n) is 8.49. The molecule has 1 aromatic carbocycles. The zero-order chi connectivity index (χ0) is 17.9. The third-order valence-corrected chi connectivity index (χ3v) is 3.68. The molecule has 132 valence electrons. The molecule has 2 amide bonds. The summed E-state index contributed by atoms with van der Waals surface area (Å²) in [5.74, 6) is -0.0400. The molecule has 0 saturated heterocycles. The van der Waals surface area contributed by atoms with Gasteiger partial charge in [-0.3, -0.25) is 9.59 Å². The Morgan fingerprint density at radius 2 is 1.75 bits per heavy atom. The fraction of sp³-hybridized carbons (Fsp3) is 0.474. The van der Waals surface area contributed by atoms with Gasteiger partial charge in [-0.25, -0.2) is 0 Å². The number of rotatable bonds is 10. The summed E-state index contributed by atoms with van der Waals surface area (Å²) in [7, 11) is 0. The lowest BCUT2D eigenvalue weighted by atomic mass is 10.0. The van der Waals surface area contributed by atoms with E-state index in [4.69, 9.17) is 5.73 Å². The molecule has 5 heteroatoms. The number of aromatic hydroxyl groups is 1. The molecule has 0 unspecified atom stereocenters. The van der Waals surface area contributed by atoms with E-state index in [0.29, 0.717) is 12.0 Å². The maximum Gasteiger partial charge on any atom is 0.265 e. The molecule has 0 saturated carbocycles. The zero-order valence-electron chi connectivity index (χ0n) is 14.5. The number of carbonyl (C=O) groups excluding carboxylic acids is 2. The van der Waals surface area contributed by atoms with Crippen LogP contribution in [0, 0.1) is 5.92 Å². The Bertz CT molecular complexity index is 562. The summed E-state index contributed by atoms with van der Waals surface area (Å²) in [5.41, 5.74) is 6.05. The number of phenols is 1. The van der Waals surface area contributed by atoms with Gasteiger partial charge in [-0.05, 0) is 36.1 Å². The Hall–Kier alpha value is -2.30. The van der Waals surface area contributed by atoms with Crippen LogP contribution in [0.25, 0.3) is 6.08 Å². The summed E-state index contributed by atoms with van der Waals surface area (Å²) in [5, 5.41) is 11.8. The van der Waals surface area contributed by atoms with E-state index >= 15 is 0 Å². The quantitative estimate of drug-likeness (QED) is 0.453. The number of amides is 2. The summed E-state index contributed by atoms with van der Waals surface area (Å²) in [6.07, 6.45) is 7.21. The van der Waals surface area contributed by atoms with E-state index in [0.717, 1.165) is 25.2 Å². The molecule has 1 rings (SSSR count). The van der Waals surface area contributed by atoms with Gasteiger partial charge in [0.1, 0.15) is 11.4 Å². The van der Waals surface area contributed by atoms with E-state index < -0.39 is 5.91 Å². The van der Waals surface area contributed by atoms with Gasteiger partial charge in [0.25, 0.3) is 5.91 Å². The number of phenolic OH excluding ortho intramolecular Hbond substituents is 1. The number of benzene rings is 1. The monoisotopic (exact) mass is 332 g/mol. The van der Waals surface area contributed by atoms with Crippen molar-refractivity contribution < 1.29 is 14.7 Å². The van der Waals surface area contributed by atoms with Crippen molar-refractivity contribution in [1.82, 2.24) is 5.32 Å². The van der Waals surface area contributed by atoms with Crippen LogP contribution in [-0.2, 0) is 9.59 Å². The lowest BCUT2D eigenvalue weighted by molar-refractivity contribution is -0.122. The lowest BCUT2D eigenvalue weighted by Gasteiger charge is -2.08. The second kappa shape index (κ2) is 10.5.